The first-order valence-corrected chi connectivity index (χ1v) is 50.9. The fraction of sp³-hybridized carbons (Fsp3) is 0.605. The van der Waals surface area contributed by atoms with Crippen LogP contribution in [0.2, 0.25) is 0 Å². The van der Waals surface area contributed by atoms with E-state index in [0.717, 1.165) is 155 Å². The van der Waals surface area contributed by atoms with E-state index in [4.69, 9.17) is 33.2 Å². The Morgan fingerprint density at radius 2 is 0.667 bits per heavy atom. The van der Waals surface area contributed by atoms with Crippen molar-refractivity contribution in [3.63, 3.8) is 0 Å². The number of carbonyl (C=O) groups excluding carboxylic acids is 1. The third-order valence-corrected chi connectivity index (χ3v) is 20.5. The Morgan fingerprint density at radius 3 is 1.00 bits per heavy atom. The SMILES string of the molecule is C=CC(C=C)CCCC.C=CC(C=C)OCCC.C=CC(C=C)OCCCCCCC.C=CCC(CC=C)OCCCCC.C=CCC(CC=C)OCCCCCCCC.C=CCC(CC=C)OCCCCCCCCC.C=CCN(CC=C)CCCCC.C=CCN(CC=C)CCCCOC.CCCCCOC(=O)/C=C/c1ccccc1.CCCc1ccc2c(c1)CC2. The van der Waals surface area contributed by atoms with Gasteiger partial charge in [0, 0.05) is 79.0 Å². The summed E-state index contributed by atoms with van der Waals surface area (Å²) in [7, 11) is 1.74. The van der Waals surface area contributed by atoms with Crippen molar-refractivity contribution in [3.8, 4) is 0 Å². The maximum absolute atomic E-state index is 11.3. The molecule has 3 rings (SSSR count). The molecule has 0 bridgehead atoms. The summed E-state index contributed by atoms with van der Waals surface area (Å²) in [5.74, 6) is 0.268. The Labute approximate surface area is 801 Å². The molecule has 0 spiro atoms. The van der Waals surface area contributed by atoms with Gasteiger partial charge in [0.15, 0.2) is 0 Å². The maximum atomic E-state index is 11.3. The normalized spacial score (nSPS) is 10.6. The second-order valence-corrected chi connectivity index (χ2v) is 32.6. The molecule has 0 N–H and O–H groups in total. The fourth-order valence-corrected chi connectivity index (χ4v) is 12.7. The van der Waals surface area contributed by atoms with E-state index in [1.54, 1.807) is 48.6 Å². The Hall–Kier alpha value is -6.83. The zero-order chi connectivity index (χ0) is 97.4. The molecule has 0 heterocycles. The first kappa shape index (κ1) is 135. The number of esters is 1. The van der Waals surface area contributed by atoms with Crippen LogP contribution in [-0.2, 0) is 57.2 Å². The third kappa shape index (κ3) is 106. The van der Waals surface area contributed by atoms with Crippen LogP contribution in [0.1, 0.15) is 341 Å². The molecule has 0 saturated carbocycles. The Kier molecular flexibility index (Phi) is 125. The van der Waals surface area contributed by atoms with E-state index in [-0.39, 0.29) is 18.2 Å². The molecule has 1 aliphatic carbocycles. The lowest BCUT2D eigenvalue weighted by atomic mass is 9.87. The van der Waals surface area contributed by atoms with Crippen molar-refractivity contribution in [1.29, 1.82) is 0 Å². The van der Waals surface area contributed by atoms with Gasteiger partial charge >= 0.3 is 5.97 Å². The number of hydrogen-bond donors (Lipinski definition) is 0. The zero-order valence-electron chi connectivity index (χ0n) is 86.0. The van der Waals surface area contributed by atoms with Crippen molar-refractivity contribution in [2.45, 2.75) is 369 Å². The summed E-state index contributed by atoms with van der Waals surface area (Å²) in [6, 6.07) is 16.7. The van der Waals surface area contributed by atoms with Crippen molar-refractivity contribution in [1.82, 2.24) is 9.80 Å². The predicted octanol–water partition coefficient (Wildman–Crippen LogP) is 34.0. The molecular formula is C119H206N2O8. The Balaban J connectivity index is -0.000000258. The average Bonchev–Trinajstić information content (AvgIpc) is 0.821. The molecular weight excluding hydrogens is 1590 g/mol. The predicted molar refractivity (Wildman–Crippen MR) is 580 cm³/mol. The number of unbranched alkanes of at least 4 members (excludes halogenated alkanes) is 23. The van der Waals surface area contributed by atoms with Crippen molar-refractivity contribution in [2.24, 2.45) is 5.92 Å². The van der Waals surface area contributed by atoms with Crippen molar-refractivity contribution >= 4 is 12.0 Å². The highest BCUT2D eigenvalue weighted by Crippen LogP contribution is 2.24. The molecule has 0 fully saturated rings. The molecule has 0 aromatic heterocycles. The van der Waals surface area contributed by atoms with Gasteiger partial charge in [-0.2, -0.15) is 0 Å². The minimum atomic E-state index is -0.264. The summed E-state index contributed by atoms with van der Waals surface area (Å²) in [6.45, 7) is 90.8. The summed E-state index contributed by atoms with van der Waals surface area (Å²) in [4.78, 5) is 15.9. The van der Waals surface area contributed by atoms with Crippen molar-refractivity contribution < 1.29 is 38.0 Å². The van der Waals surface area contributed by atoms with Gasteiger partial charge in [0.1, 0.15) is 0 Å². The number of fused-ring (bicyclic) bond motifs is 1. The van der Waals surface area contributed by atoms with Gasteiger partial charge in [-0.1, -0.05) is 362 Å². The number of methoxy groups -OCH3 is 1. The molecule has 740 valence electrons. The van der Waals surface area contributed by atoms with Gasteiger partial charge in [0.05, 0.1) is 37.1 Å². The summed E-state index contributed by atoms with van der Waals surface area (Å²) in [6.07, 6.45) is 86.7. The number of rotatable bonds is 78. The summed E-state index contributed by atoms with van der Waals surface area (Å²) >= 11 is 0. The molecule has 0 amide bonds. The second-order valence-electron chi connectivity index (χ2n) is 32.6. The van der Waals surface area contributed by atoms with Crippen LogP contribution in [0.3, 0.4) is 0 Å². The fourth-order valence-electron chi connectivity index (χ4n) is 12.7. The molecule has 0 radical (unpaired) electrons. The van der Waals surface area contributed by atoms with Gasteiger partial charge in [-0.05, 0) is 169 Å². The average molecular weight is 1790 g/mol. The molecule has 0 saturated heterocycles. The van der Waals surface area contributed by atoms with Gasteiger partial charge in [0.25, 0.3) is 0 Å². The van der Waals surface area contributed by atoms with E-state index >= 15 is 0 Å². The number of aryl methyl sites for hydroxylation is 3. The standard InChI is InChI=1S/C16H30O.C15H28O.C14H18O2.2C12H22O.C11H21NO.C11H21N.C11H14.C9H16.C8H14O/c1-4-7-8-9-10-11-12-15-17-16(13-5-2)14-6-3;1-4-7-8-9-10-11-14-16-15(12-5-2)13-6-3;1-2-3-7-12-16-14(15)11-10-13-8-5-4-6-9-13;1-4-7-8-9-10-11-13-12(5-2)6-3;1-4-7-8-11-13-12(9-5-2)10-6-3;1-4-8-12(9-5-2)10-6-7-11-13-3;1-4-7-8-11-12(9-5-2)10-6-3;1-2-3-9-4-5-10-6-7-11(10)8-9;1-4-7-8-9(5-2)6-3;1-4-7-9-8(5-2)6-3/h5-6,16H,2-4,7-15H2,1H3;5-6,15H,2-4,7-14H2,1H3;4-6,8-11H,2-3,7,12H2,1H3;2*5-6,12H,2-4,7-11H2,1H3;4-5H,1-2,6-11H2,3H3;5-6H,2-4,7-11H2,1H3;4-5,8H,2-3,6-7H2,1H3;5-6,9H,2-4,7-8H2,1H3;5-6,8H,2-4,7H2,1H3/b;;11-10+;;;;;;;. The summed E-state index contributed by atoms with van der Waals surface area (Å²) in [5, 5.41) is 0. The second kappa shape index (κ2) is 119. The number of nitrogens with zero attached hydrogens (tertiary/aromatic N) is 2. The lowest BCUT2D eigenvalue weighted by Gasteiger charge is -2.19. The summed E-state index contributed by atoms with van der Waals surface area (Å²) in [5.41, 5.74) is 5.69. The molecule has 10 nitrogen and oxygen atoms in total. The number of allylic oxidation sites excluding steroid dienone is 2. The number of hydrogen-bond acceptors (Lipinski definition) is 10. The van der Waals surface area contributed by atoms with Crippen LogP contribution in [-0.4, -0.2) is 139 Å². The minimum Gasteiger partial charge on any atom is -0.463 e. The van der Waals surface area contributed by atoms with E-state index in [2.05, 4.69) is 196 Å². The smallest absolute Gasteiger partial charge is 0.330 e. The van der Waals surface area contributed by atoms with E-state index < -0.39 is 0 Å². The lowest BCUT2D eigenvalue weighted by molar-refractivity contribution is -0.137. The first-order chi connectivity index (χ1) is 63.0. The van der Waals surface area contributed by atoms with Gasteiger partial charge in [-0.25, -0.2) is 4.79 Å². The third-order valence-electron chi connectivity index (χ3n) is 20.5. The Bertz CT molecular complexity index is 2710. The van der Waals surface area contributed by atoms with E-state index in [1.807, 2.05) is 103 Å². The molecule has 2 aromatic carbocycles. The monoisotopic (exact) mass is 1790 g/mol. The molecule has 1 aliphatic rings. The largest absolute Gasteiger partial charge is 0.463 e. The highest BCUT2D eigenvalue weighted by molar-refractivity contribution is 5.87. The van der Waals surface area contributed by atoms with Crippen LogP contribution in [0.15, 0.2) is 257 Å². The van der Waals surface area contributed by atoms with Crippen molar-refractivity contribution in [3.05, 3.63) is 279 Å². The van der Waals surface area contributed by atoms with Gasteiger partial charge in [0.2, 0.25) is 0 Å². The van der Waals surface area contributed by atoms with Gasteiger partial charge < -0.3 is 33.2 Å². The molecule has 0 aliphatic heterocycles. The van der Waals surface area contributed by atoms with E-state index in [1.165, 1.54) is 217 Å². The van der Waals surface area contributed by atoms with Crippen LogP contribution in [0.4, 0.5) is 0 Å². The van der Waals surface area contributed by atoms with E-state index in [0.29, 0.717) is 30.8 Å². The molecule has 129 heavy (non-hydrogen) atoms. The summed E-state index contributed by atoms with van der Waals surface area (Å²) < 4.78 is 38.0. The molecule has 2 aromatic rings. The van der Waals surface area contributed by atoms with Gasteiger partial charge in [-0.15, -0.1) is 105 Å². The highest BCUT2D eigenvalue weighted by atomic mass is 16.5. The maximum Gasteiger partial charge on any atom is 0.330 e. The van der Waals surface area contributed by atoms with Crippen molar-refractivity contribution in [2.75, 3.05) is 92.6 Å². The topological polar surface area (TPSA) is 88.2 Å². The first-order valence-electron chi connectivity index (χ1n) is 50.9. The van der Waals surface area contributed by atoms with E-state index in [9.17, 15) is 4.79 Å². The van der Waals surface area contributed by atoms with Crippen LogP contribution < -0.4 is 0 Å². The minimum absolute atomic E-state index is 0.0324. The zero-order valence-corrected chi connectivity index (χ0v) is 86.0. The Morgan fingerprint density at radius 1 is 0.333 bits per heavy atom. The van der Waals surface area contributed by atoms with Crippen LogP contribution in [0, 0.1) is 5.92 Å². The lowest BCUT2D eigenvalue weighted by Crippen LogP contribution is -2.25. The number of carbonyl (C=O) groups is 1. The van der Waals surface area contributed by atoms with Crippen LogP contribution in [0.25, 0.3) is 6.08 Å². The molecule has 10 heteroatoms. The molecule has 0 unspecified atom stereocenters. The number of benzene rings is 2. The van der Waals surface area contributed by atoms with Gasteiger partial charge in [-0.3, -0.25) is 9.80 Å². The molecule has 0 atom stereocenters. The quantitative estimate of drug-likeness (QED) is 0.0276. The highest BCUT2D eigenvalue weighted by Gasteiger charge is 2.13. The van der Waals surface area contributed by atoms with Crippen LogP contribution in [0.5, 0.6) is 0 Å². The van der Waals surface area contributed by atoms with Crippen LogP contribution >= 0.6 is 0 Å². The number of ether oxygens (including phenoxy) is 7.